The number of aromatic nitrogens is 2. The summed E-state index contributed by atoms with van der Waals surface area (Å²) in [5.74, 6) is 0. The van der Waals surface area contributed by atoms with Gasteiger partial charge in [0.2, 0.25) is 0 Å². The summed E-state index contributed by atoms with van der Waals surface area (Å²) in [7, 11) is 0. The first-order valence-corrected chi connectivity index (χ1v) is 7.93. The van der Waals surface area contributed by atoms with E-state index in [1.165, 1.54) is 0 Å². The molecule has 0 bridgehead atoms. The standard InChI is InChI=1S/C15H19BrClN3/c1-3-10(2)20-8-7-11(19-20)9-14(18)12-5-4-6-13(16)15(12)17/h4-8,10,14H,3,9,18H2,1-2H3. The number of nitrogens with two attached hydrogens (primary N) is 1. The van der Waals surface area contributed by atoms with E-state index in [-0.39, 0.29) is 6.04 Å². The summed E-state index contributed by atoms with van der Waals surface area (Å²) in [6.45, 7) is 4.31. The summed E-state index contributed by atoms with van der Waals surface area (Å²) in [6, 6.07) is 8.11. The summed E-state index contributed by atoms with van der Waals surface area (Å²) in [5.41, 5.74) is 8.20. The van der Waals surface area contributed by atoms with Gasteiger partial charge < -0.3 is 5.73 Å². The molecule has 1 aromatic carbocycles. The fraction of sp³-hybridized carbons (Fsp3) is 0.400. The van der Waals surface area contributed by atoms with Gasteiger partial charge in [0.05, 0.1) is 10.7 Å². The van der Waals surface area contributed by atoms with Crippen molar-refractivity contribution in [3.05, 3.63) is 51.2 Å². The molecule has 108 valence electrons. The SMILES string of the molecule is CCC(C)n1ccc(CC(N)c2cccc(Br)c2Cl)n1. The minimum absolute atomic E-state index is 0.153. The summed E-state index contributed by atoms with van der Waals surface area (Å²) < 4.78 is 2.86. The fourth-order valence-corrected chi connectivity index (χ4v) is 2.71. The van der Waals surface area contributed by atoms with Gasteiger partial charge in [0.25, 0.3) is 0 Å². The first-order valence-electron chi connectivity index (χ1n) is 6.76. The van der Waals surface area contributed by atoms with Crippen LogP contribution in [0, 0.1) is 0 Å². The maximum Gasteiger partial charge on any atom is 0.0643 e. The third-order valence-corrected chi connectivity index (χ3v) is 4.83. The Morgan fingerprint density at radius 3 is 2.85 bits per heavy atom. The van der Waals surface area contributed by atoms with Gasteiger partial charge in [0.1, 0.15) is 0 Å². The molecule has 20 heavy (non-hydrogen) atoms. The molecule has 0 radical (unpaired) electrons. The van der Waals surface area contributed by atoms with Crippen molar-refractivity contribution in [2.45, 2.75) is 38.8 Å². The van der Waals surface area contributed by atoms with E-state index in [0.29, 0.717) is 17.5 Å². The summed E-state index contributed by atoms with van der Waals surface area (Å²) >= 11 is 9.70. The molecule has 1 heterocycles. The van der Waals surface area contributed by atoms with Crippen LogP contribution >= 0.6 is 27.5 Å². The van der Waals surface area contributed by atoms with Crippen LogP contribution in [0.3, 0.4) is 0 Å². The van der Waals surface area contributed by atoms with Crippen LogP contribution in [0.2, 0.25) is 5.02 Å². The van der Waals surface area contributed by atoms with E-state index < -0.39 is 0 Å². The van der Waals surface area contributed by atoms with E-state index in [9.17, 15) is 0 Å². The van der Waals surface area contributed by atoms with Crippen LogP contribution in [-0.2, 0) is 6.42 Å². The zero-order valence-electron chi connectivity index (χ0n) is 11.7. The highest BCUT2D eigenvalue weighted by Crippen LogP contribution is 2.30. The molecule has 2 rings (SSSR count). The van der Waals surface area contributed by atoms with Crippen molar-refractivity contribution in [3.8, 4) is 0 Å². The highest BCUT2D eigenvalue weighted by molar-refractivity contribution is 9.10. The molecule has 0 aliphatic heterocycles. The quantitative estimate of drug-likeness (QED) is 0.856. The van der Waals surface area contributed by atoms with Crippen LogP contribution in [-0.4, -0.2) is 9.78 Å². The Balaban J connectivity index is 2.13. The van der Waals surface area contributed by atoms with Crippen molar-refractivity contribution in [1.82, 2.24) is 9.78 Å². The molecule has 2 N–H and O–H groups in total. The minimum Gasteiger partial charge on any atom is -0.324 e. The highest BCUT2D eigenvalue weighted by atomic mass is 79.9. The van der Waals surface area contributed by atoms with E-state index in [0.717, 1.165) is 22.2 Å². The van der Waals surface area contributed by atoms with Gasteiger partial charge in [0.15, 0.2) is 0 Å². The highest BCUT2D eigenvalue weighted by Gasteiger charge is 2.14. The predicted molar refractivity (Wildman–Crippen MR) is 87.0 cm³/mol. The van der Waals surface area contributed by atoms with Crippen LogP contribution < -0.4 is 5.73 Å². The van der Waals surface area contributed by atoms with E-state index >= 15 is 0 Å². The van der Waals surface area contributed by atoms with Crippen LogP contribution in [0.4, 0.5) is 0 Å². The van der Waals surface area contributed by atoms with Crippen molar-refractivity contribution in [2.24, 2.45) is 5.73 Å². The van der Waals surface area contributed by atoms with E-state index in [4.69, 9.17) is 17.3 Å². The van der Waals surface area contributed by atoms with E-state index in [1.807, 2.05) is 35.1 Å². The molecule has 3 nitrogen and oxygen atoms in total. The van der Waals surface area contributed by atoms with Gasteiger partial charge >= 0.3 is 0 Å². The molecule has 2 atom stereocenters. The van der Waals surface area contributed by atoms with Crippen LogP contribution in [0.15, 0.2) is 34.9 Å². The largest absolute Gasteiger partial charge is 0.324 e. The summed E-state index contributed by atoms with van der Waals surface area (Å²) in [5, 5.41) is 5.26. The Labute approximate surface area is 133 Å². The number of halogens is 2. The Hall–Kier alpha value is -0.840. The van der Waals surface area contributed by atoms with Crippen molar-refractivity contribution < 1.29 is 0 Å². The number of hydrogen-bond acceptors (Lipinski definition) is 2. The average molecular weight is 357 g/mol. The lowest BCUT2D eigenvalue weighted by atomic mass is 10.0. The summed E-state index contributed by atoms with van der Waals surface area (Å²) in [4.78, 5) is 0. The maximum absolute atomic E-state index is 6.28. The Morgan fingerprint density at radius 1 is 1.40 bits per heavy atom. The van der Waals surface area contributed by atoms with E-state index in [2.05, 4.69) is 34.9 Å². The topological polar surface area (TPSA) is 43.8 Å². The fourth-order valence-electron chi connectivity index (χ4n) is 2.06. The molecule has 1 aromatic heterocycles. The Morgan fingerprint density at radius 2 is 2.15 bits per heavy atom. The molecular weight excluding hydrogens is 338 g/mol. The van der Waals surface area contributed by atoms with E-state index in [1.54, 1.807) is 0 Å². The molecule has 2 unspecified atom stereocenters. The molecule has 0 saturated heterocycles. The lowest BCUT2D eigenvalue weighted by Gasteiger charge is -2.13. The molecule has 0 spiro atoms. The Kier molecular flexibility index (Phi) is 5.24. The second-order valence-electron chi connectivity index (χ2n) is 5.00. The van der Waals surface area contributed by atoms with Gasteiger partial charge in [-0.05, 0) is 47.0 Å². The third-order valence-electron chi connectivity index (χ3n) is 3.52. The zero-order valence-corrected chi connectivity index (χ0v) is 14.0. The maximum atomic E-state index is 6.28. The van der Waals surface area contributed by atoms with Gasteiger partial charge in [-0.25, -0.2) is 0 Å². The van der Waals surface area contributed by atoms with Crippen molar-refractivity contribution in [1.29, 1.82) is 0 Å². The van der Waals surface area contributed by atoms with Gasteiger partial charge in [-0.1, -0.05) is 30.7 Å². The second kappa shape index (κ2) is 6.74. The average Bonchev–Trinajstić information content (AvgIpc) is 2.89. The van der Waals surface area contributed by atoms with Gasteiger partial charge in [-0.15, -0.1) is 0 Å². The van der Waals surface area contributed by atoms with Crippen LogP contribution in [0.5, 0.6) is 0 Å². The number of rotatable bonds is 5. The summed E-state index contributed by atoms with van der Waals surface area (Å²) in [6.07, 6.45) is 3.75. The molecule has 2 aromatic rings. The molecule has 0 aliphatic carbocycles. The smallest absolute Gasteiger partial charge is 0.0643 e. The van der Waals surface area contributed by atoms with Gasteiger partial charge in [0, 0.05) is 29.2 Å². The molecular formula is C15H19BrClN3. The van der Waals surface area contributed by atoms with Crippen molar-refractivity contribution in [3.63, 3.8) is 0 Å². The van der Waals surface area contributed by atoms with Crippen LogP contribution in [0.1, 0.15) is 43.6 Å². The van der Waals surface area contributed by atoms with Gasteiger partial charge in [-0.2, -0.15) is 5.10 Å². The first kappa shape index (κ1) is 15.5. The lowest BCUT2D eigenvalue weighted by Crippen LogP contribution is -2.15. The molecule has 0 saturated carbocycles. The monoisotopic (exact) mass is 355 g/mol. The second-order valence-corrected chi connectivity index (χ2v) is 6.23. The third kappa shape index (κ3) is 3.43. The first-order chi connectivity index (χ1) is 9.52. The molecule has 5 heteroatoms. The number of hydrogen-bond donors (Lipinski definition) is 1. The molecule has 0 amide bonds. The van der Waals surface area contributed by atoms with Crippen LogP contribution in [0.25, 0.3) is 0 Å². The number of benzene rings is 1. The van der Waals surface area contributed by atoms with Crippen molar-refractivity contribution >= 4 is 27.5 Å². The predicted octanol–water partition coefficient (Wildman–Crippen LogP) is 4.51. The zero-order chi connectivity index (χ0) is 14.7. The minimum atomic E-state index is -0.153. The normalized spacial score (nSPS) is 14.2. The van der Waals surface area contributed by atoms with Gasteiger partial charge in [-0.3, -0.25) is 4.68 Å². The molecule has 0 aliphatic rings. The lowest BCUT2D eigenvalue weighted by molar-refractivity contribution is 0.472. The Bertz CT molecular complexity index is 582. The number of nitrogens with zero attached hydrogens (tertiary/aromatic N) is 2. The molecule has 0 fully saturated rings. The van der Waals surface area contributed by atoms with Crippen molar-refractivity contribution in [2.75, 3.05) is 0 Å².